The highest BCUT2D eigenvalue weighted by Gasteiger charge is 2.36. The van der Waals surface area contributed by atoms with E-state index in [4.69, 9.17) is 0 Å². The first-order valence-electron chi connectivity index (χ1n) is 17.2. The molecule has 0 aliphatic carbocycles. The Morgan fingerprint density at radius 3 is 0.722 bits per heavy atom. The molecule has 1 aliphatic rings. The zero-order chi connectivity index (χ0) is 26.2. The summed E-state index contributed by atoms with van der Waals surface area (Å²) in [5.41, 5.74) is 0. The van der Waals surface area contributed by atoms with Crippen LogP contribution in [0.3, 0.4) is 0 Å². The van der Waals surface area contributed by atoms with Crippen LogP contribution in [-0.2, 0) is 0 Å². The largest absolute Gasteiger partial charge is 0.317 e. The molecule has 0 aromatic rings. The molecule has 0 aromatic carbocycles. The van der Waals surface area contributed by atoms with Crippen LogP contribution in [0.15, 0.2) is 0 Å². The van der Waals surface area contributed by atoms with Crippen LogP contribution in [0, 0.1) is 0 Å². The summed E-state index contributed by atoms with van der Waals surface area (Å²) in [5, 5.41) is 0. The van der Waals surface area contributed by atoms with Gasteiger partial charge in [-0.1, -0.05) is 142 Å². The lowest BCUT2D eigenvalue weighted by Gasteiger charge is -2.46. The van der Waals surface area contributed by atoms with Gasteiger partial charge in [0.05, 0.1) is 27.2 Å². The Labute approximate surface area is 230 Å². The fourth-order valence-electron chi connectivity index (χ4n) is 6.31. The van der Waals surface area contributed by atoms with Gasteiger partial charge >= 0.3 is 0 Å². The van der Waals surface area contributed by atoms with Gasteiger partial charge in [-0.2, -0.15) is 0 Å². The third-order valence-corrected chi connectivity index (χ3v) is 9.46. The molecular formula is C34H72N2+2. The molecule has 1 rings (SSSR count). The number of unbranched alkanes of at least 4 members (excludes halogenated alkanes) is 22. The van der Waals surface area contributed by atoms with Crippen molar-refractivity contribution >= 4 is 0 Å². The van der Waals surface area contributed by atoms with Crippen molar-refractivity contribution in [3.63, 3.8) is 0 Å². The van der Waals surface area contributed by atoms with Crippen LogP contribution >= 0.6 is 0 Å². The molecule has 0 amide bonds. The highest BCUT2D eigenvalue weighted by atomic mass is 15.4. The van der Waals surface area contributed by atoms with E-state index < -0.39 is 0 Å². The first-order valence-corrected chi connectivity index (χ1v) is 17.2. The van der Waals surface area contributed by atoms with Crippen molar-refractivity contribution in [2.45, 2.75) is 168 Å². The minimum absolute atomic E-state index is 1.35. The van der Waals surface area contributed by atoms with Crippen LogP contribution in [0.4, 0.5) is 0 Å². The van der Waals surface area contributed by atoms with Crippen molar-refractivity contribution in [1.29, 1.82) is 0 Å². The van der Waals surface area contributed by atoms with Gasteiger partial charge in [0, 0.05) is 0 Å². The summed E-state index contributed by atoms with van der Waals surface area (Å²) in [4.78, 5) is 0. The fourth-order valence-corrected chi connectivity index (χ4v) is 6.31. The molecule has 0 radical (unpaired) electrons. The number of rotatable bonds is 26. The summed E-state index contributed by atoms with van der Waals surface area (Å²) in [5.74, 6) is 0. The summed E-state index contributed by atoms with van der Waals surface area (Å²) in [6.45, 7) is 13.1. The molecule has 0 bridgehead atoms. The predicted octanol–water partition coefficient (Wildman–Crippen LogP) is 10.3. The van der Waals surface area contributed by atoms with Crippen LogP contribution in [0.1, 0.15) is 168 Å². The monoisotopic (exact) mass is 509 g/mol. The summed E-state index contributed by atoms with van der Waals surface area (Å²) >= 11 is 0. The van der Waals surface area contributed by atoms with Crippen molar-refractivity contribution in [3.8, 4) is 0 Å². The average Bonchev–Trinajstić information content (AvgIpc) is 2.88. The highest BCUT2D eigenvalue weighted by Crippen LogP contribution is 2.20. The molecule has 0 unspecified atom stereocenters. The van der Waals surface area contributed by atoms with Crippen molar-refractivity contribution < 1.29 is 8.97 Å². The van der Waals surface area contributed by atoms with Crippen LogP contribution in [-0.4, -0.2) is 62.3 Å². The summed E-state index contributed by atoms with van der Waals surface area (Å²) in [6.07, 6.45) is 35.1. The number of hydrogen-bond acceptors (Lipinski definition) is 0. The molecule has 0 saturated carbocycles. The number of piperazine rings is 1. The molecule has 1 saturated heterocycles. The van der Waals surface area contributed by atoms with Gasteiger partial charge in [-0.3, -0.25) is 0 Å². The van der Waals surface area contributed by atoms with E-state index in [1.807, 2.05) is 0 Å². The van der Waals surface area contributed by atoms with E-state index in [1.165, 1.54) is 202 Å². The Kier molecular flexibility index (Phi) is 21.6. The third kappa shape index (κ3) is 19.1. The maximum Gasteiger partial charge on any atom is 0.128 e. The van der Waals surface area contributed by atoms with Crippen molar-refractivity contribution in [1.82, 2.24) is 0 Å². The van der Waals surface area contributed by atoms with Crippen LogP contribution in [0.2, 0.25) is 0 Å². The molecule has 1 aliphatic heterocycles. The Morgan fingerprint density at radius 1 is 0.306 bits per heavy atom. The Balaban J connectivity index is 1.93. The lowest BCUT2D eigenvalue weighted by atomic mass is 10.0. The zero-order valence-electron chi connectivity index (χ0n) is 26.1. The number of nitrogens with zero attached hydrogens (tertiary/aromatic N) is 2. The summed E-state index contributed by atoms with van der Waals surface area (Å²) < 4.78 is 2.70. The summed E-state index contributed by atoms with van der Waals surface area (Å²) in [7, 11) is 5.09. The lowest BCUT2D eigenvalue weighted by Crippen LogP contribution is -2.64. The van der Waals surface area contributed by atoms with Crippen molar-refractivity contribution in [3.05, 3.63) is 0 Å². The van der Waals surface area contributed by atoms with E-state index in [1.54, 1.807) is 0 Å². The Bertz CT molecular complexity index is 410. The molecule has 0 aromatic heterocycles. The SMILES string of the molecule is CCCCCCCCCCCCCC[N+]1(C)CC[N+](C)(CCCCCCCCCCCCCC)CC1. The molecule has 216 valence electrons. The molecular weight excluding hydrogens is 436 g/mol. The standard InChI is InChI=1S/C34H72N2/c1-5-7-9-11-13-15-17-19-21-23-25-27-29-35(3)31-33-36(4,34-32-35)30-28-26-24-22-20-18-16-14-12-10-8-6-2/h5-34H2,1-4H3/q+2. The first-order chi connectivity index (χ1) is 17.5. The highest BCUT2D eigenvalue weighted by molar-refractivity contribution is 4.55. The fraction of sp³-hybridized carbons (Fsp3) is 1.00. The van der Waals surface area contributed by atoms with E-state index in [9.17, 15) is 0 Å². The minimum atomic E-state index is 1.35. The Hall–Kier alpha value is -0.0800. The van der Waals surface area contributed by atoms with Crippen LogP contribution in [0.25, 0.3) is 0 Å². The van der Waals surface area contributed by atoms with Gasteiger partial charge in [0.1, 0.15) is 26.2 Å². The molecule has 36 heavy (non-hydrogen) atoms. The second kappa shape index (κ2) is 22.9. The van der Waals surface area contributed by atoms with E-state index in [0.717, 1.165) is 0 Å². The van der Waals surface area contributed by atoms with Crippen LogP contribution in [0.5, 0.6) is 0 Å². The average molecular weight is 509 g/mol. The Morgan fingerprint density at radius 2 is 0.500 bits per heavy atom. The molecule has 0 atom stereocenters. The number of likely N-dealkylation sites (N-methyl/N-ethyl adjacent to an activating group) is 2. The second-order valence-corrected chi connectivity index (χ2v) is 13.4. The molecule has 1 fully saturated rings. The maximum absolute atomic E-state index is 2.55. The van der Waals surface area contributed by atoms with E-state index in [2.05, 4.69) is 27.9 Å². The lowest BCUT2D eigenvalue weighted by molar-refractivity contribution is -1.02. The van der Waals surface area contributed by atoms with E-state index in [-0.39, 0.29) is 0 Å². The van der Waals surface area contributed by atoms with Gasteiger partial charge in [-0.05, 0) is 25.7 Å². The molecule has 2 heteroatoms. The van der Waals surface area contributed by atoms with E-state index >= 15 is 0 Å². The quantitative estimate of drug-likeness (QED) is 0.0805. The van der Waals surface area contributed by atoms with Crippen LogP contribution < -0.4 is 0 Å². The molecule has 0 spiro atoms. The number of hydrogen-bond donors (Lipinski definition) is 0. The van der Waals surface area contributed by atoms with Crippen molar-refractivity contribution in [2.24, 2.45) is 0 Å². The first kappa shape index (κ1) is 33.9. The molecule has 2 nitrogen and oxygen atoms in total. The predicted molar refractivity (Wildman–Crippen MR) is 164 cm³/mol. The number of quaternary nitrogens is 2. The third-order valence-electron chi connectivity index (χ3n) is 9.46. The van der Waals surface area contributed by atoms with Crippen molar-refractivity contribution in [2.75, 3.05) is 53.4 Å². The van der Waals surface area contributed by atoms with Gasteiger partial charge < -0.3 is 8.97 Å². The summed E-state index contributed by atoms with van der Waals surface area (Å²) in [6, 6.07) is 0. The van der Waals surface area contributed by atoms with Gasteiger partial charge in [-0.15, -0.1) is 0 Å². The second-order valence-electron chi connectivity index (χ2n) is 13.4. The van der Waals surface area contributed by atoms with Gasteiger partial charge in [0.15, 0.2) is 0 Å². The molecule has 0 N–H and O–H groups in total. The minimum Gasteiger partial charge on any atom is -0.317 e. The van der Waals surface area contributed by atoms with Gasteiger partial charge in [-0.25, -0.2) is 0 Å². The zero-order valence-corrected chi connectivity index (χ0v) is 26.1. The normalized spacial score (nSPS) is 22.3. The van der Waals surface area contributed by atoms with Gasteiger partial charge in [0.2, 0.25) is 0 Å². The molecule has 1 heterocycles. The van der Waals surface area contributed by atoms with Gasteiger partial charge in [0.25, 0.3) is 0 Å². The maximum atomic E-state index is 2.55. The van der Waals surface area contributed by atoms with E-state index in [0.29, 0.717) is 0 Å². The smallest absolute Gasteiger partial charge is 0.128 e. The topological polar surface area (TPSA) is 0 Å².